The van der Waals surface area contributed by atoms with Crippen molar-refractivity contribution in [2.45, 2.75) is 25.7 Å². The summed E-state index contributed by atoms with van der Waals surface area (Å²) in [7, 11) is -3.62. The quantitative estimate of drug-likeness (QED) is 0.868. The van der Waals surface area contributed by atoms with Crippen molar-refractivity contribution in [1.29, 1.82) is 0 Å². The summed E-state index contributed by atoms with van der Waals surface area (Å²) in [6.07, 6.45) is 5.28. The lowest BCUT2D eigenvalue weighted by molar-refractivity contribution is 0.426. The average molecular weight is 271 g/mol. The van der Waals surface area contributed by atoms with Gasteiger partial charge in [-0.05, 0) is 25.0 Å². The third-order valence-corrected chi connectivity index (χ3v) is 4.41. The second kappa shape index (κ2) is 5.53. The zero-order valence-corrected chi connectivity index (χ0v) is 10.9. The number of hydrogen-bond donors (Lipinski definition) is 2. The molecule has 2 heterocycles. The molecule has 0 atom stereocenters. The van der Waals surface area contributed by atoms with Crippen LogP contribution in [-0.4, -0.2) is 35.9 Å². The smallest absolute Gasteiger partial charge is 0.302 e. The summed E-state index contributed by atoms with van der Waals surface area (Å²) in [5.74, 6) is -0.197. The van der Waals surface area contributed by atoms with Gasteiger partial charge in [0.05, 0.1) is 0 Å². The van der Waals surface area contributed by atoms with Gasteiger partial charge in [-0.1, -0.05) is 12.8 Å². The van der Waals surface area contributed by atoms with E-state index < -0.39 is 10.2 Å². The summed E-state index contributed by atoms with van der Waals surface area (Å²) in [6, 6.07) is 2.94. The normalized spacial score (nSPS) is 18.2. The molecule has 100 valence electrons. The van der Waals surface area contributed by atoms with Gasteiger partial charge >= 0.3 is 10.2 Å². The lowest BCUT2D eigenvalue weighted by Gasteiger charge is -2.20. The molecule has 0 spiro atoms. The highest BCUT2D eigenvalue weighted by molar-refractivity contribution is 7.90. The Bertz CT molecular complexity index is 496. The van der Waals surface area contributed by atoms with Crippen LogP contribution in [0.1, 0.15) is 25.7 Å². The monoisotopic (exact) mass is 271 g/mol. The Balaban J connectivity index is 2.13. The molecule has 1 aromatic rings. The minimum atomic E-state index is -3.62. The van der Waals surface area contributed by atoms with E-state index in [9.17, 15) is 13.5 Å². The molecular formula is C11H17N3O3S. The third kappa shape index (κ3) is 3.11. The predicted octanol–water partition coefficient (Wildman–Crippen LogP) is 1.32. The molecule has 0 aromatic carbocycles. The molecule has 2 N–H and O–H groups in total. The van der Waals surface area contributed by atoms with Crippen LogP contribution in [0, 0.1) is 0 Å². The Morgan fingerprint density at radius 2 is 1.89 bits per heavy atom. The van der Waals surface area contributed by atoms with Crippen LogP contribution in [0.2, 0.25) is 0 Å². The predicted molar refractivity (Wildman–Crippen MR) is 68.5 cm³/mol. The van der Waals surface area contributed by atoms with Gasteiger partial charge in [0.15, 0.2) is 11.6 Å². The molecule has 18 heavy (non-hydrogen) atoms. The molecule has 7 heteroatoms. The van der Waals surface area contributed by atoms with Gasteiger partial charge in [0, 0.05) is 19.3 Å². The van der Waals surface area contributed by atoms with Gasteiger partial charge in [0.1, 0.15) is 0 Å². The van der Waals surface area contributed by atoms with Crippen molar-refractivity contribution in [2.24, 2.45) is 0 Å². The van der Waals surface area contributed by atoms with Crippen molar-refractivity contribution in [3.05, 3.63) is 18.3 Å². The van der Waals surface area contributed by atoms with E-state index in [-0.39, 0.29) is 11.6 Å². The van der Waals surface area contributed by atoms with E-state index in [1.165, 1.54) is 16.6 Å². The molecule has 1 aliphatic rings. The molecule has 2 rings (SSSR count). The Hall–Kier alpha value is -1.34. The first-order valence-corrected chi connectivity index (χ1v) is 7.45. The number of hydrogen-bond acceptors (Lipinski definition) is 4. The highest BCUT2D eigenvalue weighted by Crippen LogP contribution is 2.21. The number of aromatic hydroxyl groups is 1. The fourth-order valence-electron chi connectivity index (χ4n) is 1.94. The van der Waals surface area contributed by atoms with Gasteiger partial charge in [-0.3, -0.25) is 4.72 Å². The fourth-order valence-corrected chi connectivity index (χ4v) is 3.21. The maximum absolute atomic E-state index is 12.1. The molecule has 0 aliphatic carbocycles. The van der Waals surface area contributed by atoms with Gasteiger partial charge in [0.2, 0.25) is 0 Å². The number of rotatable bonds is 3. The van der Waals surface area contributed by atoms with Crippen LogP contribution in [0.25, 0.3) is 0 Å². The number of anilines is 1. The van der Waals surface area contributed by atoms with Crippen molar-refractivity contribution in [3.8, 4) is 5.75 Å². The average Bonchev–Trinajstić information content (AvgIpc) is 2.61. The third-order valence-electron chi connectivity index (χ3n) is 2.92. The van der Waals surface area contributed by atoms with Crippen molar-refractivity contribution in [2.75, 3.05) is 17.8 Å². The second-order valence-corrected chi connectivity index (χ2v) is 5.96. The summed E-state index contributed by atoms with van der Waals surface area (Å²) in [4.78, 5) is 3.81. The van der Waals surface area contributed by atoms with Crippen molar-refractivity contribution in [3.63, 3.8) is 0 Å². The molecule has 1 saturated heterocycles. The van der Waals surface area contributed by atoms with Crippen LogP contribution >= 0.6 is 0 Å². The molecule has 1 aromatic heterocycles. The summed E-state index contributed by atoms with van der Waals surface area (Å²) >= 11 is 0. The van der Waals surface area contributed by atoms with Gasteiger partial charge in [0.25, 0.3) is 0 Å². The molecule has 1 aliphatic heterocycles. The maximum Gasteiger partial charge on any atom is 0.302 e. The minimum Gasteiger partial charge on any atom is -0.504 e. The molecule has 0 bridgehead atoms. The first-order chi connectivity index (χ1) is 8.59. The van der Waals surface area contributed by atoms with E-state index in [2.05, 4.69) is 9.71 Å². The topological polar surface area (TPSA) is 82.5 Å². The SMILES string of the molecule is O=S(=O)(Nc1ncccc1O)N1CCCCCC1. The number of pyridine rings is 1. The zero-order valence-electron chi connectivity index (χ0n) is 10.0. The summed E-state index contributed by atoms with van der Waals surface area (Å²) in [5.41, 5.74) is 0. The molecule has 0 radical (unpaired) electrons. The van der Waals surface area contributed by atoms with Crippen LogP contribution in [0.15, 0.2) is 18.3 Å². The first-order valence-electron chi connectivity index (χ1n) is 6.01. The van der Waals surface area contributed by atoms with E-state index in [0.29, 0.717) is 13.1 Å². The minimum absolute atomic E-state index is 0.0262. The Morgan fingerprint density at radius 1 is 1.22 bits per heavy atom. The molecular weight excluding hydrogens is 254 g/mol. The molecule has 1 fully saturated rings. The fraction of sp³-hybridized carbons (Fsp3) is 0.545. The van der Waals surface area contributed by atoms with Crippen molar-refractivity contribution in [1.82, 2.24) is 9.29 Å². The van der Waals surface area contributed by atoms with Crippen LogP contribution in [0.5, 0.6) is 5.75 Å². The number of nitrogens with one attached hydrogen (secondary N) is 1. The van der Waals surface area contributed by atoms with E-state index in [1.54, 1.807) is 6.07 Å². The molecule has 0 unspecified atom stereocenters. The van der Waals surface area contributed by atoms with E-state index in [4.69, 9.17) is 0 Å². The summed E-state index contributed by atoms with van der Waals surface area (Å²) in [5, 5.41) is 9.52. The summed E-state index contributed by atoms with van der Waals surface area (Å²) in [6.45, 7) is 1.03. The second-order valence-electron chi connectivity index (χ2n) is 4.29. The van der Waals surface area contributed by atoms with E-state index in [0.717, 1.165) is 25.7 Å². The lowest BCUT2D eigenvalue weighted by atomic mass is 10.2. The first kappa shape index (κ1) is 13.1. The largest absolute Gasteiger partial charge is 0.504 e. The number of aromatic nitrogens is 1. The van der Waals surface area contributed by atoms with Gasteiger partial charge in [-0.25, -0.2) is 4.98 Å². The van der Waals surface area contributed by atoms with Crippen molar-refractivity contribution >= 4 is 16.0 Å². The Kier molecular flexibility index (Phi) is 4.03. The summed E-state index contributed by atoms with van der Waals surface area (Å²) < 4.78 is 28.0. The van der Waals surface area contributed by atoms with Crippen molar-refractivity contribution < 1.29 is 13.5 Å². The van der Waals surface area contributed by atoms with Gasteiger partial charge in [-0.15, -0.1) is 0 Å². The highest BCUT2D eigenvalue weighted by atomic mass is 32.2. The maximum atomic E-state index is 12.1. The molecule has 0 amide bonds. The zero-order chi connectivity index (χ0) is 13.0. The van der Waals surface area contributed by atoms with Crippen LogP contribution < -0.4 is 4.72 Å². The van der Waals surface area contributed by atoms with Gasteiger partial charge in [-0.2, -0.15) is 12.7 Å². The van der Waals surface area contributed by atoms with E-state index >= 15 is 0 Å². The lowest BCUT2D eigenvalue weighted by Crippen LogP contribution is -2.36. The Morgan fingerprint density at radius 3 is 2.50 bits per heavy atom. The van der Waals surface area contributed by atoms with Gasteiger partial charge < -0.3 is 5.11 Å². The Labute approximate surface area is 107 Å². The standard InChI is InChI=1S/C11H17N3O3S/c15-10-6-5-7-12-11(10)13-18(16,17)14-8-3-1-2-4-9-14/h5-7,15H,1-4,8-9H2,(H,12,13). The molecule has 0 saturated carbocycles. The van der Waals surface area contributed by atoms with E-state index in [1.807, 2.05) is 0 Å². The molecule has 6 nitrogen and oxygen atoms in total. The number of nitrogens with zero attached hydrogens (tertiary/aromatic N) is 2. The van der Waals surface area contributed by atoms with Crippen LogP contribution in [-0.2, 0) is 10.2 Å². The van der Waals surface area contributed by atoms with Crippen LogP contribution in [0.4, 0.5) is 5.82 Å². The highest BCUT2D eigenvalue weighted by Gasteiger charge is 2.24. The van der Waals surface area contributed by atoms with Crippen LogP contribution in [0.3, 0.4) is 0 Å².